The van der Waals surface area contributed by atoms with E-state index in [4.69, 9.17) is 15.2 Å². The summed E-state index contributed by atoms with van der Waals surface area (Å²) in [6.45, 7) is 1.28. The van der Waals surface area contributed by atoms with E-state index in [-0.39, 0.29) is 17.5 Å². The van der Waals surface area contributed by atoms with Crippen molar-refractivity contribution in [3.8, 4) is 5.75 Å². The molecule has 1 unspecified atom stereocenters. The Balaban J connectivity index is 2.28. The molecule has 1 heterocycles. The summed E-state index contributed by atoms with van der Waals surface area (Å²) in [5.41, 5.74) is 5.54. The van der Waals surface area contributed by atoms with Crippen LogP contribution >= 0.6 is 15.9 Å². The Labute approximate surface area is 127 Å². The molecule has 0 aromatic heterocycles. The Kier molecular flexibility index (Phi) is 5.03. The highest BCUT2D eigenvalue weighted by Crippen LogP contribution is 2.29. The lowest BCUT2D eigenvalue weighted by Gasteiger charge is -2.31. The standard InChI is InChI=1S/C12H17BrN2O4S/c1-18-12-3-2-10(6-11(12)13)20(16,17)15-4-5-19-9(7-14)8-15/h2-3,6,9H,4-5,7-8,14H2,1H3. The average Bonchev–Trinajstić information content (AvgIpc) is 2.47. The van der Waals surface area contributed by atoms with Crippen LogP contribution in [0.4, 0.5) is 0 Å². The van der Waals surface area contributed by atoms with Gasteiger partial charge in [0.15, 0.2) is 0 Å². The third kappa shape index (κ3) is 3.15. The molecule has 112 valence electrons. The number of sulfonamides is 1. The number of morpholine rings is 1. The van der Waals surface area contributed by atoms with E-state index in [1.165, 1.54) is 17.5 Å². The van der Waals surface area contributed by atoms with Crippen molar-refractivity contribution in [1.82, 2.24) is 4.31 Å². The van der Waals surface area contributed by atoms with Gasteiger partial charge in [-0.1, -0.05) is 0 Å². The predicted octanol–water partition coefficient (Wildman–Crippen LogP) is 0.806. The molecule has 0 saturated carbocycles. The van der Waals surface area contributed by atoms with Crippen LogP contribution in [0.2, 0.25) is 0 Å². The topological polar surface area (TPSA) is 81.9 Å². The zero-order valence-electron chi connectivity index (χ0n) is 11.1. The molecule has 6 nitrogen and oxygen atoms in total. The summed E-state index contributed by atoms with van der Waals surface area (Å²) in [5.74, 6) is 0.589. The Bertz CT molecular complexity index is 579. The van der Waals surface area contributed by atoms with E-state index in [0.717, 1.165) is 0 Å². The molecule has 1 saturated heterocycles. The molecule has 8 heteroatoms. The fourth-order valence-electron chi connectivity index (χ4n) is 2.01. The SMILES string of the molecule is COc1ccc(S(=O)(=O)N2CCOC(CN)C2)cc1Br. The minimum absolute atomic E-state index is 0.225. The number of hydrogen-bond donors (Lipinski definition) is 1. The molecule has 1 aliphatic heterocycles. The van der Waals surface area contributed by atoms with Gasteiger partial charge in [-0.05, 0) is 34.1 Å². The third-order valence-electron chi connectivity index (χ3n) is 3.13. The lowest BCUT2D eigenvalue weighted by molar-refractivity contribution is 0.00450. The maximum Gasteiger partial charge on any atom is 0.243 e. The van der Waals surface area contributed by atoms with E-state index < -0.39 is 10.0 Å². The second-order valence-electron chi connectivity index (χ2n) is 4.39. The molecule has 1 aliphatic rings. The second kappa shape index (κ2) is 6.40. The summed E-state index contributed by atoms with van der Waals surface area (Å²) in [4.78, 5) is 0.225. The van der Waals surface area contributed by atoms with Gasteiger partial charge in [0.1, 0.15) is 5.75 Å². The molecule has 20 heavy (non-hydrogen) atoms. The molecule has 1 fully saturated rings. The Morgan fingerprint density at radius 3 is 2.90 bits per heavy atom. The fourth-order valence-corrected chi connectivity index (χ4v) is 4.18. The molecule has 2 rings (SSSR count). The smallest absolute Gasteiger partial charge is 0.243 e. The van der Waals surface area contributed by atoms with Gasteiger partial charge in [-0.25, -0.2) is 8.42 Å². The predicted molar refractivity (Wildman–Crippen MR) is 78.2 cm³/mol. The zero-order chi connectivity index (χ0) is 14.8. The van der Waals surface area contributed by atoms with Gasteiger partial charge < -0.3 is 15.2 Å². The lowest BCUT2D eigenvalue weighted by atomic mass is 10.3. The molecule has 2 N–H and O–H groups in total. The van der Waals surface area contributed by atoms with E-state index >= 15 is 0 Å². The maximum atomic E-state index is 12.6. The van der Waals surface area contributed by atoms with E-state index in [1.54, 1.807) is 12.1 Å². The first-order valence-electron chi connectivity index (χ1n) is 6.14. The molecule has 0 aliphatic carbocycles. The van der Waals surface area contributed by atoms with Crippen LogP contribution in [0.5, 0.6) is 5.75 Å². The number of nitrogens with zero attached hydrogens (tertiary/aromatic N) is 1. The highest BCUT2D eigenvalue weighted by atomic mass is 79.9. The maximum absolute atomic E-state index is 12.6. The van der Waals surface area contributed by atoms with Gasteiger partial charge >= 0.3 is 0 Å². The van der Waals surface area contributed by atoms with Crippen LogP contribution in [0.3, 0.4) is 0 Å². The van der Waals surface area contributed by atoms with Gasteiger partial charge in [0.05, 0.1) is 29.2 Å². The minimum Gasteiger partial charge on any atom is -0.496 e. The minimum atomic E-state index is -3.54. The highest BCUT2D eigenvalue weighted by Gasteiger charge is 2.30. The van der Waals surface area contributed by atoms with Gasteiger partial charge in [0.2, 0.25) is 10.0 Å². The van der Waals surface area contributed by atoms with Crippen LogP contribution in [-0.4, -0.2) is 52.2 Å². The van der Waals surface area contributed by atoms with E-state index in [0.29, 0.717) is 29.9 Å². The van der Waals surface area contributed by atoms with Crippen molar-refractivity contribution in [2.45, 2.75) is 11.0 Å². The first kappa shape index (κ1) is 15.7. The van der Waals surface area contributed by atoms with E-state index in [9.17, 15) is 8.42 Å². The van der Waals surface area contributed by atoms with Crippen LogP contribution in [0.15, 0.2) is 27.6 Å². The summed E-state index contributed by atoms with van der Waals surface area (Å²) in [5, 5.41) is 0. The van der Waals surface area contributed by atoms with Gasteiger partial charge in [-0.3, -0.25) is 0 Å². The molecule has 0 amide bonds. The van der Waals surface area contributed by atoms with Crippen molar-refractivity contribution in [3.63, 3.8) is 0 Å². The molecule has 0 spiro atoms. The van der Waals surface area contributed by atoms with Crippen molar-refractivity contribution in [1.29, 1.82) is 0 Å². The van der Waals surface area contributed by atoms with Gasteiger partial charge in [0, 0.05) is 19.6 Å². The van der Waals surface area contributed by atoms with Crippen molar-refractivity contribution in [2.24, 2.45) is 5.73 Å². The Hall–Kier alpha value is -0.670. The van der Waals surface area contributed by atoms with Crippen molar-refractivity contribution in [2.75, 3.05) is 33.4 Å². The Morgan fingerprint density at radius 2 is 2.30 bits per heavy atom. The van der Waals surface area contributed by atoms with Gasteiger partial charge in [-0.15, -0.1) is 0 Å². The average molecular weight is 365 g/mol. The molecule has 1 aromatic rings. The summed E-state index contributed by atoms with van der Waals surface area (Å²) in [7, 11) is -2.01. The summed E-state index contributed by atoms with van der Waals surface area (Å²) < 4.78 is 37.6. The third-order valence-corrected chi connectivity index (χ3v) is 5.61. The molecular weight excluding hydrogens is 348 g/mol. The molecule has 0 radical (unpaired) electrons. The molecule has 1 aromatic carbocycles. The summed E-state index contributed by atoms with van der Waals surface area (Å²) >= 11 is 3.30. The number of benzene rings is 1. The van der Waals surface area contributed by atoms with E-state index in [1.807, 2.05) is 0 Å². The second-order valence-corrected chi connectivity index (χ2v) is 7.18. The van der Waals surface area contributed by atoms with Gasteiger partial charge in [-0.2, -0.15) is 4.31 Å². The van der Waals surface area contributed by atoms with Crippen molar-refractivity contribution in [3.05, 3.63) is 22.7 Å². The number of ether oxygens (including phenoxy) is 2. The van der Waals surface area contributed by atoms with Crippen LogP contribution in [0.1, 0.15) is 0 Å². The van der Waals surface area contributed by atoms with Crippen LogP contribution in [0.25, 0.3) is 0 Å². The zero-order valence-corrected chi connectivity index (χ0v) is 13.5. The first-order valence-corrected chi connectivity index (χ1v) is 8.37. The molecule has 1 atom stereocenters. The van der Waals surface area contributed by atoms with Crippen LogP contribution in [-0.2, 0) is 14.8 Å². The highest BCUT2D eigenvalue weighted by molar-refractivity contribution is 9.10. The van der Waals surface area contributed by atoms with Gasteiger partial charge in [0.25, 0.3) is 0 Å². The number of halogens is 1. The molecular formula is C12H17BrN2O4S. The molecule has 0 bridgehead atoms. The number of rotatable bonds is 4. The van der Waals surface area contributed by atoms with Crippen molar-refractivity contribution >= 4 is 26.0 Å². The summed E-state index contributed by atoms with van der Waals surface area (Å²) in [6, 6.07) is 4.70. The monoisotopic (exact) mass is 364 g/mol. The fraction of sp³-hybridized carbons (Fsp3) is 0.500. The normalized spacial score (nSPS) is 20.9. The van der Waals surface area contributed by atoms with E-state index in [2.05, 4.69) is 15.9 Å². The number of nitrogens with two attached hydrogens (primary N) is 1. The number of methoxy groups -OCH3 is 1. The lowest BCUT2D eigenvalue weighted by Crippen LogP contribution is -2.48. The quantitative estimate of drug-likeness (QED) is 0.854. The number of hydrogen-bond acceptors (Lipinski definition) is 5. The Morgan fingerprint density at radius 1 is 1.55 bits per heavy atom. The van der Waals surface area contributed by atoms with Crippen LogP contribution < -0.4 is 10.5 Å². The summed E-state index contributed by atoms with van der Waals surface area (Å²) in [6.07, 6.45) is -0.250. The van der Waals surface area contributed by atoms with Crippen molar-refractivity contribution < 1.29 is 17.9 Å². The van der Waals surface area contributed by atoms with Crippen LogP contribution in [0, 0.1) is 0 Å². The first-order chi connectivity index (χ1) is 9.48. The largest absolute Gasteiger partial charge is 0.496 e.